The maximum Gasteiger partial charge on any atom is 0.417 e. The van der Waals surface area contributed by atoms with Crippen LogP contribution in [0.1, 0.15) is 37.4 Å². The number of nitrogens with zero attached hydrogens (tertiary/aromatic N) is 1. The Bertz CT molecular complexity index is 848. The molecule has 2 rings (SSSR count). The van der Waals surface area contributed by atoms with Crippen LogP contribution in [0.5, 0.6) is 0 Å². The predicted octanol–water partition coefficient (Wildman–Crippen LogP) is 4.42. The number of halogens is 4. The number of carbonyl (C=O) groups is 1. The van der Waals surface area contributed by atoms with E-state index in [-0.39, 0.29) is 12.0 Å². The van der Waals surface area contributed by atoms with Crippen molar-refractivity contribution in [2.24, 2.45) is 5.92 Å². The molecule has 0 fully saturated rings. The van der Waals surface area contributed by atoms with E-state index in [9.17, 15) is 22.8 Å². The zero-order chi connectivity index (χ0) is 20.2. The molecule has 27 heavy (non-hydrogen) atoms. The molecule has 0 aliphatic heterocycles. The summed E-state index contributed by atoms with van der Waals surface area (Å²) in [4.78, 5) is 24.4. The van der Waals surface area contributed by atoms with Gasteiger partial charge in [-0.1, -0.05) is 55.8 Å². The first-order valence-corrected chi connectivity index (χ1v) is 8.77. The van der Waals surface area contributed by atoms with Gasteiger partial charge >= 0.3 is 6.18 Å². The van der Waals surface area contributed by atoms with Gasteiger partial charge in [-0.05, 0) is 24.0 Å². The van der Waals surface area contributed by atoms with E-state index in [1.165, 1.54) is 0 Å². The van der Waals surface area contributed by atoms with E-state index in [2.05, 4.69) is 5.32 Å². The lowest BCUT2D eigenvalue weighted by Gasteiger charge is -2.21. The molecule has 1 aromatic carbocycles. The van der Waals surface area contributed by atoms with Crippen LogP contribution in [0.3, 0.4) is 0 Å². The van der Waals surface area contributed by atoms with Crippen LogP contribution in [-0.4, -0.2) is 10.5 Å². The van der Waals surface area contributed by atoms with E-state index in [1.54, 1.807) is 0 Å². The highest BCUT2D eigenvalue weighted by Crippen LogP contribution is 2.29. The summed E-state index contributed by atoms with van der Waals surface area (Å²) in [6.45, 7) is 3.45. The van der Waals surface area contributed by atoms with E-state index < -0.39 is 34.8 Å². The van der Waals surface area contributed by atoms with Crippen LogP contribution >= 0.6 is 11.6 Å². The van der Waals surface area contributed by atoms with Gasteiger partial charge in [0.25, 0.3) is 5.56 Å². The highest BCUT2D eigenvalue weighted by Gasteiger charge is 2.32. The molecule has 146 valence electrons. The van der Waals surface area contributed by atoms with Gasteiger partial charge in [0, 0.05) is 6.20 Å². The minimum atomic E-state index is -4.67. The van der Waals surface area contributed by atoms with Gasteiger partial charge in [0.1, 0.15) is 11.6 Å². The number of nitrogens with one attached hydrogen (secondary N) is 1. The zero-order valence-corrected chi connectivity index (χ0v) is 15.6. The summed E-state index contributed by atoms with van der Waals surface area (Å²) >= 11 is 5.61. The average Bonchev–Trinajstić information content (AvgIpc) is 2.57. The topological polar surface area (TPSA) is 51.1 Å². The molecular weight excluding hydrogens is 381 g/mol. The Balaban J connectivity index is 2.23. The molecule has 0 aliphatic carbocycles. The summed E-state index contributed by atoms with van der Waals surface area (Å²) in [5.74, 6) is -0.289. The van der Waals surface area contributed by atoms with E-state index in [0.717, 1.165) is 5.56 Å². The summed E-state index contributed by atoms with van der Waals surface area (Å²) in [6, 6.07) is 9.50. The van der Waals surface area contributed by atoms with Crippen LogP contribution in [0.25, 0.3) is 0 Å². The first-order valence-electron chi connectivity index (χ1n) is 8.39. The molecular formula is C19H20ClF3N2O2. The SMILES string of the molecule is CC(C)C[C@H](NC(=O)Cn1cc(C(F)(F)F)cc(Cl)c1=O)c1ccccc1. The van der Waals surface area contributed by atoms with Gasteiger partial charge < -0.3 is 9.88 Å². The fourth-order valence-electron chi connectivity index (χ4n) is 2.70. The molecule has 1 heterocycles. The molecule has 0 unspecified atom stereocenters. The summed E-state index contributed by atoms with van der Waals surface area (Å²) in [6.07, 6.45) is -3.42. The van der Waals surface area contributed by atoms with Crippen LogP contribution in [-0.2, 0) is 17.5 Å². The molecule has 0 saturated heterocycles. The molecule has 0 saturated carbocycles. The maximum atomic E-state index is 12.9. The highest BCUT2D eigenvalue weighted by atomic mass is 35.5. The smallest absolute Gasteiger partial charge is 0.348 e. The lowest BCUT2D eigenvalue weighted by atomic mass is 9.97. The number of hydrogen-bond donors (Lipinski definition) is 1. The number of alkyl halides is 3. The normalized spacial score (nSPS) is 12.9. The molecule has 1 N–H and O–H groups in total. The van der Waals surface area contributed by atoms with Gasteiger partial charge in [0.05, 0.1) is 11.6 Å². The number of pyridine rings is 1. The second-order valence-corrected chi connectivity index (χ2v) is 7.08. The quantitative estimate of drug-likeness (QED) is 0.780. The number of benzene rings is 1. The van der Waals surface area contributed by atoms with E-state index in [1.807, 2.05) is 44.2 Å². The van der Waals surface area contributed by atoms with Crippen molar-refractivity contribution in [3.05, 3.63) is 69.1 Å². The van der Waals surface area contributed by atoms with Crippen LogP contribution < -0.4 is 10.9 Å². The van der Waals surface area contributed by atoms with Gasteiger partial charge in [-0.2, -0.15) is 13.2 Å². The number of hydrogen-bond acceptors (Lipinski definition) is 2. The van der Waals surface area contributed by atoms with Gasteiger partial charge in [-0.15, -0.1) is 0 Å². The maximum absolute atomic E-state index is 12.9. The standard InChI is InChI=1S/C19H20ClF3N2O2/c1-12(2)8-16(13-6-4-3-5-7-13)24-17(26)11-25-10-14(19(21,22)23)9-15(20)18(25)27/h3-7,9-10,12,16H,8,11H2,1-2H3,(H,24,26)/t16-/m0/s1. The van der Waals surface area contributed by atoms with Crippen molar-refractivity contribution < 1.29 is 18.0 Å². The number of rotatable bonds is 6. The van der Waals surface area contributed by atoms with Crippen LogP contribution in [0.4, 0.5) is 13.2 Å². The molecule has 0 spiro atoms. The summed E-state index contributed by atoms with van der Waals surface area (Å²) in [7, 11) is 0. The van der Waals surface area contributed by atoms with Crippen molar-refractivity contribution in [2.45, 2.75) is 39.0 Å². The van der Waals surface area contributed by atoms with Crippen molar-refractivity contribution in [2.75, 3.05) is 0 Å². The van der Waals surface area contributed by atoms with Crippen molar-refractivity contribution in [1.82, 2.24) is 9.88 Å². The van der Waals surface area contributed by atoms with Gasteiger partial charge in [0.2, 0.25) is 5.91 Å². The van der Waals surface area contributed by atoms with E-state index >= 15 is 0 Å². The Kier molecular flexibility index (Phi) is 6.70. The van der Waals surface area contributed by atoms with Crippen LogP contribution in [0.2, 0.25) is 5.02 Å². The van der Waals surface area contributed by atoms with Crippen molar-refractivity contribution in [3.8, 4) is 0 Å². The van der Waals surface area contributed by atoms with Gasteiger partial charge in [-0.25, -0.2) is 0 Å². The summed E-state index contributed by atoms with van der Waals surface area (Å²) in [5.41, 5.74) is -1.05. The third-order valence-corrected chi connectivity index (χ3v) is 4.20. The minimum Gasteiger partial charge on any atom is -0.348 e. The Hall–Kier alpha value is -2.28. The average molecular weight is 401 g/mol. The second kappa shape index (κ2) is 8.61. The van der Waals surface area contributed by atoms with Crippen molar-refractivity contribution >= 4 is 17.5 Å². The van der Waals surface area contributed by atoms with E-state index in [4.69, 9.17) is 11.6 Å². The first kappa shape index (κ1) is 21.0. The Morgan fingerprint density at radius 2 is 1.85 bits per heavy atom. The third-order valence-electron chi connectivity index (χ3n) is 3.93. The van der Waals surface area contributed by atoms with Crippen molar-refractivity contribution in [1.29, 1.82) is 0 Å². The van der Waals surface area contributed by atoms with Gasteiger partial charge in [0.15, 0.2) is 0 Å². The molecule has 0 aliphatic rings. The van der Waals surface area contributed by atoms with Crippen molar-refractivity contribution in [3.63, 3.8) is 0 Å². The Morgan fingerprint density at radius 1 is 1.22 bits per heavy atom. The fourth-order valence-corrected chi connectivity index (χ4v) is 2.93. The molecule has 1 amide bonds. The lowest BCUT2D eigenvalue weighted by molar-refractivity contribution is -0.138. The molecule has 4 nitrogen and oxygen atoms in total. The molecule has 2 aromatic rings. The molecule has 0 bridgehead atoms. The Labute approximate surface area is 160 Å². The van der Waals surface area contributed by atoms with Crippen LogP contribution in [0, 0.1) is 5.92 Å². The molecule has 8 heteroatoms. The fraction of sp³-hybridized carbons (Fsp3) is 0.368. The first-order chi connectivity index (χ1) is 12.6. The largest absolute Gasteiger partial charge is 0.417 e. The minimum absolute atomic E-state index is 0.279. The third kappa shape index (κ3) is 5.85. The summed E-state index contributed by atoms with van der Waals surface area (Å²) in [5, 5.41) is 2.21. The number of amides is 1. The van der Waals surface area contributed by atoms with E-state index in [0.29, 0.717) is 23.3 Å². The second-order valence-electron chi connectivity index (χ2n) is 6.67. The van der Waals surface area contributed by atoms with Crippen LogP contribution in [0.15, 0.2) is 47.4 Å². The number of aromatic nitrogens is 1. The molecule has 1 atom stereocenters. The lowest BCUT2D eigenvalue weighted by Crippen LogP contribution is -2.35. The highest BCUT2D eigenvalue weighted by molar-refractivity contribution is 6.30. The monoisotopic (exact) mass is 400 g/mol. The molecule has 1 aromatic heterocycles. The zero-order valence-electron chi connectivity index (χ0n) is 14.9. The predicted molar refractivity (Wildman–Crippen MR) is 97.5 cm³/mol. The number of carbonyl (C=O) groups excluding carboxylic acids is 1. The molecule has 0 radical (unpaired) electrons. The Morgan fingerprint density at radius 3 is 2.41 bits per heavy atom. The van der Waals surface area contributed by atoms with Gasteiger partial charge in [-0.3, -0.25) is 9.59 Å². The summed E-state index contributed by atoms with van der Waals surface area (Å²) < 4.78 is 39.4.